The van der Waals surface area contributed by atoms with Gasteiger partial charge in [-0.3, -0.25) is 0 Å². The molecular formula is C9H21N3O2S. The van der Waals surface area contributed by atoms with Gasteiger partial charge in [-0.15, -0.1) is 0 Å². The maximum Gasteiger partial charge on any atom is 0.212 e. The number of hydrogen-bond acceptors (Lipinski definition) is 4. The molecule has 6 heteroatoms. The zero-order chi connectivity index (χ0) is 11.3. The minimum Gasteiger partial charge on any atom is -0.329 e. The van der Waals surface area contributed by atoms with E-state index in [2.05, 4.69) is 16.7 Å². The summed E-state index contributed by atoms with van der Waals surface area (Å²) in [6.45, 7) is 2.82. The van der Waals surface area contributed by atoms with Crippen molar-refractivity contribution >= 4 is 10.0 Å². The van der Waals surface area contributed by atoms with E-state index in [4.69, 9.17) is 5.73 Å². The van der Waals surface area contributed by atoms with Crippen LogP contribution in [0.15, 0.2) is 0 Å². The number of nitrogens with one attached hydrogen (secondary N) is 1. The van der Waals surface area contributed by atoms with Crippen molar-refractivity contribution in [3.8, 4) is 0 Å². The minimum atomic E-state index is -3.14. The van der Waals surface area contributed by atoms with Crippen molar-refractivity contribution in [2.24, 2.45) is 11.7 Å². The molecule has 0 bridgehead atoms. The molecule has 0 spiro atoms. The molecule has 90 valence electrons. The van der Waals surface area contributed by atoms with Crippen molar-refractivity contribution in [3.05, 3.63) is 0 Å². The van der Waals surface area contributed by atoms with E-state index in [0.29, 0.717) is 12.5 Å². The number of nitrogens with two attached hydrogens (primary N) is 1. The first-order valence-corrected chi connectivity index (χ1v) is 7.04. The Hall–Kier alpha value is -0.170. The van der Waals surface area contributed by atoms with Crippen LogP contribution in [-0.2, 0) is 10.0 Å². The fourth-order valence-electron chi connectivity index (χ4n) is 1.91. The van der Waals surface area contributed by atoms with E-state index in [1.165, 1.54) is 0 Å². The maximum atomic E-state index is 11.4. The van der Waals surface area contributed by atoms with Crippen LogP contribution >= 0.6 is 0 Å². The van der Waals surface area contributed by atoms with Crippen LogP contribution < -0.4 is 10.5 Å². The van der Waals surface area contributed by atoms with E-state index < -0.39 is 10.0 Å². The predicted molar refractivity (Wildman–Crippen MR) is 61.1 cm³/mol. The predicted octanol–water partition coefficient (Wildman–Crippen LogP) is -0.794. The molecule has 1 atom stereocenters. The quantitative estimate of drug-likeness (QED) is 0.654. The Morgan fingerprint density at radius 1 is 1.53 bits per heavy atom. The minimum absolute atomic E-state index is 0.0234. The summed E-state index contributed by atoms with van der Waals surface area (Å²) < 4.78 is 25.3. The third-order valence-corrected chi connectivity index (χ3v) is 4.08. The van der Waals surface area contributed by atoms with E-state index >= 15 is 0 Å². The Kier molecular flexibility index (Phi) is 4.98. The van der Waals surface area contributed by atoms with Crippen molar-refractivity contribution in [3.63, 3.8) is 0 Å². The molecule has 1 aliphatic heterocycles. The lowest BCUT2D eigenvalue weighted by atomic mass is 9.99. The summed E-state index contributed by atoms with van der Waals surface area (Å²) in [5.74, 6) is 0.464. The highest BCUT2D eigenvalue weighted by Gasteiger charge is 2.19. The molecule has 1 rings (SSSR count). The first kappa shape index (κ1) is 12.9. The van der Waals surface area contributed by atoms with Crippen LogP contribution in [-0.4, -0.2) is 52.3 Å². The smallest absolute Gasteiger partial charge is 0.212 e. The van der Waals surface area contributed by atoms with Gasteiger partial charge < -0.3 is 10.6 Å². The molecule has 0 aliphatic carbocycles. The van der Waals surface area contributed by atoms with E-state index in [0.717, 1.165) is 25.9 Å². The lowest BCUT2D eigenvalue weighted by Gasteiger charge is -2.29. The van der Waals surface area contributed by atoms with Gasteiger partial charge in [0.1, 0.15) is 0 Å². The van der Waals surface area contributed by atoms with Crippen LogP contribution in [0.1, 0.15) is 12.8 Å². The molecule has 0 aromatic rings. The Balaban J connectivity index is 2.30. The van der Waals surface area contributed by atoms with Gasteiger partial charge >= 0.3 is 0 Å². The maximum absolute atomic E-state index is 11.4. The summed E-state index contributed by atoms with van der Waals surface area (Å²) in [4.78, 5) is 2.24. The van der Waals surface area contributed by atoms with Crippen LogP contribution in [0.4, 0.5) is 0 Å². The fraction of sp³-hybridized carbons (Fsp3) is 1.00. The largest absolute Gasteiger partial charge is 0.329 e. The zero-order valence-corrected chi connectivity index (χ0v) is 10.1. The van der Waals surface area contributed by atoms with E-state index in [9.17, 15) is 8.42 Å². The number of nitrogens with zero attached hydrogens (tertiary/aromatic N) is 1. The van der Waals surface area contributed by atoms with Gasteiger partial charge in [-0.1, -0.05) is 0 Å². The molecule has 3 N–H and O–H groups in total. The number of rotatable bonds is 5. The summed E-state index contributed by atoms with van der Waals surface area (Å²) in [6, 6.07) is 0. The standard InChI is InChI=1S/C9H21N3O2S/c1-12-5-2-3-9(8-12)7-11-15(13,14)6-4-10/h9,11H,2-8,10H2,1H3. The molecule has 15 heavy (non-hydrogen) atoms. The summed E-state index contributed by atoms with van der Waals surface area (Å²) in [6.07, 6.45) is 2.26. The van der Waals surface area contributed by atoms with Gasteiger partial charge in [-0.2, -0.15) is 0 Å². The highest BCUT2D eigenvalue weighted by Crippen LogP contribution is 2.13. The average molecular weight is 235 g/mol. The second-order valence-electron chi connectivity index (χ2n) is 4.23. The van der Waals surface area contributed by atoms with E-state index in [1.807, 2.05) is 0 Å². The summed E-state index contributed by atoms with van der Waals surface area (Å²) in [7, 11) is -1.07. The van der Waals surface area contributed by atoms with Crippen LogP contribution in [0.25, 0.3) is 0 Å². The second kappa shape index (κ2) is 5.79. The zero-order valence-electron chi connectivity index (χ0n) is 9.28. The molecule has 0 amide bonds. The summed E-state index contributed by atoms with van der Waals surface area (Å²) in [5.41, 5.74) is 5.22. The summed E-state index contributed by atoms with van der Waals surface area (Å²) >= 11 is 0. The van der Waals surface area contributed by atoms with E-state index in [-0.39, 0.29) is 12.3 Å². The Labute approximate surface area is 92.1 Å². The second-order valence-corrected chi connectivity index (χ2v) is 6.15. The number of sulfonamides is 1. The third kappa shape index (κ3) is 4.92. The number of hydrogen-bond donors (Lipinski definition) is 2. The Morgan fingerprint density at radius 3 is 2.87 bits per heavy atom. The van der Waals surface area contributed by atoms with Crippen LogP contribution in [0.3, 0.4) is 0 Å². The lowest BCUT2D eigenvalue weighted by Crippen LogP contribution is -2.40. The van der Waals surface area contributed by atoms with Gasteiger partial charge in [-0.25, -0.2) is 13.1 Å². The highest BCUT2D eigenvalue weighted by molar-refractivity contribution is 7.89. The number of likely N-dealkylation sites (tertiary alicyclic amines) is 1. The molecule has 0 saturated carbocycles. The Morgan fingerprint density at radius 2 is 2.27 bits per heavy atom. The van der Waals surface area contributed by atoms with Crippen molar-refractivity contribution in [1.82, 2.24) is 9.62 Å². The average Bonchev–Trinajstić information content (AvgIpc) is 2.15. The molecule has 1 aliphatic rings. The monoisotopic (exact) mass is 235 g/mol. The van der Waals surface area contributed by atoms with Gasteiger partial charge in [0.05, 0.1) is 5.75 Å². The third-order valence-electron chi connectivity index (χ3n) is 2.70. The molecule has 1 saturated heterocycles. The summed E-state index contributed by atoms with van der Waals surface area (Å²) in [5, 5.41) is 0. The molecule has 0 radical (unpaired) electrons. The van der Waals surface area contributed by atoms with Crippen LogP contribution in [0.5, 0.6) is 0 Å². The molecule has 0 aromatic carbocycles. The lowest BCUT2D eigenvalue weighted by molar-refractivity contribution is 0.211. The molecule has 5 nitrogen and oxygen atoms in total. The fourth-order valence-corrected chi connectivity index (χ4v) is 2.86. The van der Waals surface area contributed by atoms with Gasteiger partial charge in [0.15, 0.2) is 0 Å². The van der Waals surface area contributed by atoms with Crippen molar-refractivity contribution in [2.45, 2.75) is 12.8 Å². The first-order valence-electron chi connectivity index (χ1n) is 5.39. The van der Waals surface area contributed by atoms with Crippen LogP contribution in [0, 0.1) is 5.92 Å². The molecule has 1 heterocycles. The molecule has 1 fully saturated rings. The van der Waals surface area contributed by atoms with Gasteiger partial charge in [0.25, 0.3) is 0 Å². The van der Waals surface area contributed by atoms with Gasteiger partial charge in [0, 0.05) is 19.6 Å². The SMILES string of the molecule is CN1CCCC(CNS(=O)(=O)CCN)C1. The molecular weight excluding hydrogens is 214 g/mol. The van der Waals surface area contributed by atoms with Crippen molar-refractivity contribution < 1.29 is 8.42 Å². The van der Waals surface area contributed by atoms with Crippen molar-refractivity contribution in [2.75, 3.05) is 39.0 Å². The molecule has 1 unspecified atom stereocenters. The van der Waals surface area contributed by atoms with Gasteiger partial charge in [-0.05, 0) is 32.4 Å². The highest BCUT2D eigenvalue weighted by atomic mass is 32.2. The van der Waals surface area contributed by atoms with Crippen LogP contribution in [0.2, 0.25) is 0 Å². The molecule has 0 aromatic heterocycles. The van der Waals surface area contributed by atoms with E-state index in [1.54, 1.807) is 0 Å². The normalized spacial score (nSPS) is 24.3. The topological polar surface area (TPSA) is 75.4 Å². The first-order chi connectivity index (χ1) is 7.03. The van der Waals surface area contributed by atoms with Crippen molar-refractivity contribution in [1.29, 1.82) is 0 Å². The number of piperidine rings is 1. The van der Waals surface area contributed by atoms with Gasteiger partial charge in [0.2, 0.25) is 10.0 Å². The Bertz CT molecular complexity index is 279.